The van der Waals surface area contributed by atoms with Crippen molar-refractivity contribution >= 4 is 28.5 Å². The fourth-order valence-corrected chi connectivity index (χ4v) is 2.84. The van der Waals surface area contributed by atoms with Gasteiger partial charge in [0.25, 0.3) is 0 Å². The molecule has 6 nitrogen and oxygen atoms in total. The monoisotopic (exact) mass is 377 g/mol. The van der Waals surface area contributed by atoms with Gasteiger partial charge in [-0.15, -0.1) is 0 Å². The number of nitrogens with one attached hydrogen (secondary N) is 1. The number of carbonyl (C=O) groups is 2. The zero-order valence-electron chi connectivity index (χ0n) is 14.9. The maximum atomic E-state index is 12.5. The molecule has 0 saturated heterocycles. The Kier molecular flexibility index (Phi) is 5.91. The molecule has 3 aromatic carbocycles. The van der Waals surface area contributed by atoms with E-state index in [1.165, 1.54) is 18.2 Å². The van der Waals surface area contributed by atoms with Gasteiger partial charge in [-0.2, -0.15) is 0 Å². The van der Waals surface area contributed by atoms with Crippen molar-refractivity contribution in [1.29, 1.82) is 0 Å². The summed E-state index contributed by atoms with van der Waals surface area (Å²) in [5, 5.41) is 22.8. The number of phenolic OH excluding ortho intramolecular Hbond substituents is 1. The molecule has 142 valence electrons. The Bertz CT molecular complexity index is 1010. The molecule has 0 bridgehead atoms. The molecule has 28 heavy (non-hydrogen) atoms. The van der Waals surface area contributed by atoms with Gasteiger partial charge in [-0.3, -0.25) is 5.32 Å². The van der Waals surface area contributed by atoms with E-state index in [1.54, 1.807) is 18.2 Å². The number of phenols is 1. The van der Waals surface area contributed by atoms with Gasteiger partial charge in [0.1, 0.15) is 11.9 Å². The second-order valence-corrected chi connectivity index (χ2v) is 6.11. The second-order valence-electron chi connectivity index (χ2n) is 6.11. The normalized spacial score (nSPS) is 12.0. The van der Waals surface area contributed by atoms with Crippen LogP contribution in [0, 0.1) is 0 Å². The highest BCUT2D eigenvalue weighted by Gasteiger charge is 2.17. The average molecular weight is 377 g/mol. The van der Waals surface area contributed by atoms with Crippen LogP contribution < -0.4 is 5.32 Å². The van der Waals surface area contributed by atoms with Gasteiger partial charge in [0.15, 0.2) is 0 Å². The predicted molar refractivity (Wildman–Crippen MR) is 106 cm³/mol. The van der Waals surface area contributed by atoms with Gasteiger partial charge in [0.05, 0.1) is 5.69 Å². The molecule has 0 unspecified atom stereocenters. The first-order chi connectivity index (χ1) is 13.5. The lowest BCUT2D eigenvalue weighted by molar-refractivity contribution is -0.131. The van der Waals surface area contributed by atoms with Crippen molar-refractivity contribution in [3.05, 3.63) is 84.4 Å². The predicted octanol–water partition coefficient (Wildman–Crippen LogP) is 4.87. The molecule has 0 radical (unpaired) electrons. The molecule has 3 rings (SSSR count). The largest absolute Gasteiger partial charge is 0.508 e. The molecule has 0 aliphatic carbocycles. The number of fused-ring (bicyclic) bond motifs is 1. The number of aromatic hydroxyl groups is 1. The molecule has 0 fully saturated rings. The molecule has 0 aromatic heterocycles. The third kappa shape index (κ3) is 4.88. The van der Waals surface area contributed by atoms with E-state index in [4.69, 9.17) is 9.84 Å². The highest BCUT2D eigenvalue weighted by atomic mass is 16.6. The van der Waals surface area contributed by atoms with Gasteiger partial charge in [0.2, 0.25) is 0 Å². The van der Waals surface area contributed by atoms with Crippen molar-refractivity contribution in [2.75, 3.05) is 5.32 Å². The molecule has 0 spiro atoms. The van der Waals surface area contributed by atoms with E-state index in [2.05, 4.69) is 5.32 Å². The highest BCUT2D eigenvalue weighted by molar-refractivity contribution is 6.00. The summed E-state index contributed by atoms with van der Waals surface area (Å²) < 4.78 is 5.54. The Morgan fingerprint density at radius 3 is 2.46 bits per heavy atom. The summed E-state index contributed by atoms with van der Waals surface area (Å²) in [5.74, 6) is -0.992. The number of aliphatic carboxylic acids is 1. The Balaban J connectivity index is 1.78. The van der Waals surface area contributed by atoms with Gasteiger partial charge >= 0.3 is 12.1 Å². The summed E-state index contributed by atoms with van der Waals surface area (Å²) in [7, 11) is 0. The Hall–Kier alpha value is -3.80. The summed E-state index contributed by atoms with van der Waals surface area (Å²) in [4.78, 5) is 23.2. The zero-order valence-corrected chi connectivity index (χ0v) is 14.9. The number of benzene rings is 3. The van der Waals surface area contributed by atoms with Gasteiger partial charge in [-0.05, 0) is 29.1 Å². The molecular weight excluding hydrogens is 358 g/mol. The van der Waals surface area contributed by atoms with Crippen molar-refractivity contribution in [2.45, 2.75) is 12.5 Å². The van der Waals surface area contributed by atoms with Crippen LogP contribution in [0.4, 0.5) is 10.5 Å². The minimum atomic E-state index is -1.08. The van der Waals surface area contributed by atoms with Crippen LogP contribution in [0.25, 0.3) is 10.8 Å². The Labute approximate surface area is 161 Å². The van der Waals surface area contributed by atoms with Gasteiger partial charge in [-0.1, -0.05) is 54.6 Å². The summed E-state index contributed by atoms with van der Waals surface area (Å²) in [6, 6.07) is 19.4. The first-order valence-corrected chi connectivity index (χ1v) is 8.67. The molecular formula is C22H19NO5. The van der Waals surface area contributed by atoms with E-state index in [-0.39, 0.29) is 12.2 Å². The maximum absolute atomic E-state index is 12.5. The lowest BCUT2D eigenvalue weighted by Gasteiger charge is -2.18. The van der Waals surface area contributed by atoms with E-state index < -0.39 is 18.2 Å². The molecule has 0 saturated carbocycles. The average Bonchev–Trinajstić information content (AvgIpc) is 2.68. The number of amides is 1. The second kappa shape index (κ2) is 8.73. The lowest BCUT2D eigenvalue weighted by atomic mass is 10.1. The molecule has 1 amide bonds. The lowest BCUT2D eigenvalue weighted by Crippen LogP contribution is -2.17. The standard InChI is InChI=1S/C22H19NO5/c24-17-13-11-16(12-14-17)20(9-4-10-21(25)26)28-22(27)23-19-8-3-6-15-5-1-2-7-18(15)19/h1-8,10-14,20,24H,9H2,(H,23,27)(H,25,26)/b10-4+/t20-/m1/s1. The van der Waals surface area contributed by atoms with E-state index in [1.807, 2.05) is 36.4 Å². The highest BCUT2D eigenvalue weighted by Crippen LogP contribution is 2.26. The summed E-state index contributed by atoms with van der Waals surface area (Å²) in [6.45, 7) is 0. The number of carboxylic acids is 1. The third-order valence-corrected chi connectivity index (χ3v) is 4.15. The van der Waals surface area contributed by atoms with Crippen molar-refractivity contribution in [1.82, 2.24) is 0 Å². The van der Waals surface area contributed by atoms with Gasteiger partial charge < -0.3 is 14.9 Å². The van der Waals surface area contributed by atoms with Crippen LogP contribution in [-0.2, 0) is 9.53 Å². The molecule has 3 aromatic rings. The molecule has 0 aliphatic rings. The minimum absolute atomic E-state index is 0.0868. The zero-order chi connectivity index (χ0) is 19.9. The first-order valence-electron chi connectivity index (χ1n) is 8.67. The van der Waals surface area contributed by atoms with Crippen LogP contribution in [0.1, 0.15) is 18.1 Å². The van der Waals surface area contributed by atoms with Gasteiger partial charge in [0, 0.05) is 17.9 Å². The molecule has 3 N–H and O–H groups in total. The number of carboxylic acid groups (broad SMARTS) is 1. The van der Waals surface area contributed by atoms with Gasteiger partial charge in [-0.25, -0.2) is 9.59 Å². The first kappa shape index (κ1) is 19.0. The van der Waals surface area contributed by atoms with Crippen molar-refractivity contribution < 1.29 is 24.5 Å². The number of ether oxygens (including phenoxy) is 1. The summed E-state index contributed by atoms with van der Waals surface area (Å²) in [6.07, 6.45) is 1.24. The third-order valence-electron chi connectivity index (χ3n) is 4.15. The van der Waals surface area contributed by atoms with Crippen molar-refractivity contribution in [2.24, 2.45) is 0 Å². The van der Waals surface area contributed by atoms with Crippen LogP contribution in [0.2, 0.25) is 0 Å². The summed E-state index contributed by atoms with van der Waals surface area (Å²) >= 11 is 0. The number of carbonyl (C=O) groups excluding carboxylic acids is 1. The van der Waals surface area contributed by atoms with E-state index in [0.29, 0.717) is 11.3 Å². The van der Waals surface area contributed by atoms with E-state index in [0.717, 1.165) is 16.8 Å². The Morgan fingerprint density at radius 1 is 1.00 bits per heavy atom. The van der Waals surface area contributed by atoms with Crippen molar-refractivity contribution in [3.8, 4) is 5.75 Å². The fraction of sp³-hybridized carbons (Fsp3) is 0.0909. The maximum Gasteiger partial charge on any atom is 0.412 e. The fourth-order valence-electron chi connectivity index (χ4n) is 2.84. The topological polar surface area (TPSA) is 95.9 Å². The van der Waals surface area contributed by atoms with Crippen LogP contribution in [0.15, 0.2) is 78.9 Å². The van der Waals surface area contributed by atoms with Crippen molar-refractivity contribution in [3.63, 3.8) is 0 Å². The number of hydrogen-bond donors (Lipinski definition) is 3. The van der Waals surface area contributed by atoms with E-state index in [9.17, 15) is 14.7 Å². The number of hydrogen-bond acceptors (Lipinski definition) is 4. The molecule has 0 heterocycles. The van der Waals surface area contributed by atoms with Crippen LogP contribution >= 0.6 is 0 Å². The molecule has 1 atom stereocenters. The number of anilines is 1. The van der Waals surface area contributed by atoms with E-state index >= 15 is 0 Å². The quantitative estimate of drug-likeness (QED) is 0.533. The van der Waals surface area contributed by atoms with Crippen LogP contribution in [0.3, 0.4) is 0 Å². The Morgan fingerprint density at radius 2 is 1.71 bits per heavy atom. The SMILES string of the molecule is O=C(O)/C=C/C[C@@H](OC(=O)Nc1cccc2ccccc12)c1ccc(O)cc1. The van der Waals surface area contributed by atoms with Crippen LogP contribution in [0.5, 0.6) is 5.75 Å². The number of rotatable bonds is 6. The molecule has 0 aliphatic heterocycles. The molecule has 6 heteroatoms. The smallest absolute Gasteiger partial charge is 0.412 e. The minimum Gasteiger partial charge on any atom is -0.508 e. The summed E-state index contributed by atoms with van der Waals surface area (Å²) in [5.41, 5.74) is 1.26. The van der Waals surface area contributed by atoms with Crippen LogP contribution in [-0.4, -0.2) is 22.3 Å².